The van der Waals surface area contributed by atoms with Gasteiger partial charge in [0.25, 0.3) is 5.91 Å². The fraction of sp³-hybridized carbons (Fsp3) is 0.364. The Kier molecular flexibility index (Phi) is 6.86. The first-order chi connectivity index (χ1) is 13.4. The van der Waals surface area contributed by atoms with E-state index in [0.29, 0.717) is 6.54 Å². The second-order valence-electron chi connectivity index (χ2n) is 6.97. The summed E-state index contributed by atoms with van der Waals surface area (Å²) < 4.78 is 2.09. The van der Waals surface area contributed by atoms with Crippen molar-refractivity contribution in [2.24, 2.45) is 0 Å². The number of hydrogen-bond donors (Lipinski definition) is 0. The van der Waals surface area contributed by atoms with E-state index in [2.05, 4.69) is 46.8 Å². The van der Waals surface area contributed by atoms with Crippen LogP contribution in [0.5, 0.6) is 0 Å². The number of halogens is 1. The van der Waals surface area contributed by atoms with Crippen LogP contribution < -0.4 is 4.90 Å². The normalized spacial score (nSPS) is 11.4. The number of carbonyl (C=O) groups excluding carboxylic acids is 1. The van der Waals surface area contributed by atoms with E-state index in [1.165, 1.54) is 0 Å². The summed E-state index contributed by atoms with van der Waals surface area (Å²) in [5.74, 6) is 0.0112. The fourth-order valence-corrected chi connectivity index (χ4v) is 4.86. The lowest BCUT2D eigenvalue weighted by molar-refractivity contribution is 0.0983. The molecule has 148 valence electrons. The lowest BCUT2D eigenvalue weighted by Gasteiger charge is -2.25. The molecule has 1 aromatic heterocycles. The van der Waals surface area contributed by atoms with Gasteiger partial charge in [0.1, 0.15) is 0 Å². The van der Waals surface area contributed by atoms with E-state index in [1.54, 1.807) is 11.3 Å². The maximum Gasteiger partial charge on any atom is 0.260 e. The molecule has 6 heteroatoms. The predicted molar refractivity (Wildman–Crippen MR) is 123 cm³/mol. The third-order valence-electron chi connectivity index (χ3n) is 4.82. The molecule has 0 aliphatic rings. The Morgan fingerprint density at radius 2 is 1.71 bits per heavy atom. The summed E-state index contributed by atoms with van der Waals surface area (Å²) in [6.45, 7) is 11.7. The fourth-order valence-electron chi connectivity index (χ4n) is 3.32. The summed E-state index contributed by atoms with van der Waals surface area (Å²) in [4.78, 5) is 22.4. The lowest BCUT2D eigenvalue weighted by atomic mass is 10.1. The van der Waals surface area contributed by atoms with Gasteiger partial charge in [-0.3, -0.25) is 9.69 Å². The number of fused-ring (bicyclic) bond motifs is 1. The number of aromatic nitrogens is 1. The minimum Gasteiger partial charge on any atom is -0.302 e. The van der Waals surface area contributed by atoms with Gasteiger partial charge in [0.05, 0.1) is 10.2 Å². The number of benzene rings is 2. The quantitative estimate of drug-likeness (QED) is 0.456. The van der Waals surface area contributed by atoms with E-state index in [0.717, 1.165) is 56.1 Å². The zero-order chi connectivity index (χ0) is 20.3. The molecular weight excluding hydrogens is 434 g/mol. The highest BCUT2D eigenvalue weighted by Crippen LogP contribution is 2.31. The molecule has 2 aromatic carbocycles. The molecule has 1 heterocycles. The second kappa shape index (κ2) is 9.16. The molecule has 4 nitrogen and oxygen atoms in total. The van der Waals surface area contributed by atoms with Crippen LogP contribution >= 0.6 is 27.3 Å². The Morgan fingerprint density at radius 3 is 2.36 bits per heavy atom. The summed E-state index contributed by atoms with van der Waals surface area (Å²) >= 11 is 5.08. The van der Waals surface area contributed by atoms with E-state index in [1.807, 2.05) is 43.0 Å². The highest BCUT2D eigenvalue weighted by Gasteiger charge is 2.22. The standard InChI is InChI=1S/C22H26BrN3OS/c1-5-25(6-2)9-10-26(21(27)17-12-15(3)11-16(4)13-17)22-24-19-8-7-18(23)14-20(19)28-22/h7-8,11-14H,5-6,9-10H2,1-4H3. The van der Waals surface area contributed by atoms with Gasteiger partial charge in [-0.15, -0.1) is 0 Å². The van der Waals surface area contributed by atoms with Crippen LogP contribution in [0, 0.1) is 13.8 Å². The summed E-state index contributed by atoms with van der Waals surface area (Å²) in [6, 6.07) is 12.0. The largest absolute Gasteiger partial charge is 0.302 e. The number of hydrogen-bond acceptors (Lipinski definition) is 4. The maximum absolute atomic E-state index is 13.4. The highest BCUT2D eigenvalue weighted by atomic mass is 79.9. The second-order valence-corrected chi connectivity index (χ2v) is 8.89. The van der Waals surface area contributed by atoms with Crippen molar-refractivity contribution in [3.8, 4) is 0 Å². The first kappa shape index (κ1) is 21.0. The Labute approximate surface area is 179 Å². The average Bonchev–Trinajstić information content (AvgIpc) is 3.06. The zero-order valence-electron chi connectivity index (χ0n) is 16.8. The Hall–Kier alpha value is -1.76. The Balaban J connectivity index is 1.98. The SMILES string of the molecule is CCN(CC)CCN(C(=O)c1cc(C)cc(C)c1)c1nc2ccc(Br)cc2s1. The first-order valence-corrected chi connectivity index (χ1v) is 11.2. The number of thiazole rings is 1. The minimum atomic E-state index is 0.0112. The molecular formula is C22H26BrN3OS. The van der Waals surface area contributed by atoms with Crippen molar-refractivity contribution in [3.63, 3.8) is 0 Å². The van der Waals surface area contributed by atoms with Crippen molar-refractivity contribution in [1.29, 1.82) is 0 Å². The van der Waals surface area contributed by atoms with Gasteiger partial charge < -0.3 is 4.90 Å². The smallest absolute Gasteiger partial charge is 0.260 e. The van der Waals surface area contributed by atoms with Gasteiger partial charge in [0, 0.05) is 23.1 Å². The molecule has 0 saturated heterocycles. The molecule has 1 amide bonds. The summed E-state index contributed by atoms with van der Waals surface area (Å²) in [5, 5.41) is 0.754. The van der Waals surface area contributed by atoms with Gasteiger partial charge in [0.2, 0.25) is 0 Å². The first-order valence-electron chi connectivity index (χ1n) is 9.59. The van der Waals surface area contributed by atoms with Gasteiger partial charge in [0.15, 0.2) is 5.13 Å². The molecule has 0 fully saturated rings. The number of likely N-dealkylation sites (N-methyl/N-ethyl adjacent to an activating group) is 1. The number of nitrogens with zero attached hydrogens (tertiary/aromatic N) is 3. The molecule has 0 radical (unpaired) electrons. The molecule has 3 rings (SSSR count). The van der Waals surface area contributed by atoms with Crippen molar-refractivity contribution >= 4 is 48.5 Å². The molecule has 0 aliphatic heterocycles. The predicted octanol–water partition coefficient (Wildman–Crippen LogP) is 5.66. The molecule has 28 heavy (non-hydrogen) atoms. The molecule has 0 N–H and O–H groups in total. The van der Waals surface area contributed by atoms with Crippen molar-refractivity contribution < 1.29 is 4.79 Å². The highest BCUT2D eigenvalue weighted by molar-refractivity contribution is 9.10. The van der Waals surface area contributed by atoms with Gasteiger partial charge in [-0.25, -0.2) is 4.98 Å². The van der Waals surface area contributed by atoms with Crippen LogP contribution in [-0.4, -0.2) is 42.0 Å². The average molecular weight is 460 g/mol. The number of aryl methyl sites for hydroxylation is 2. The van der Waals surface area contributed by atoms with Crippen LogP contribution in [0.4, 0.5) is 5.13 Å². The van der Waals surface area contributed by atoms with E-state index in [9.17, 15) is 4.79 Å². The van der Waals surface area contributed by atoms with Crippen LogP contribution in [-0.2, 0) is 0 Å². The number of carbonyl (C=O) groups is 1. The lowest BCUT2D eigenvalue weighted by Crippen LogP contribution is -2.39. The molecule has 0 unspecified atom stereocenters. The molecule has 0 atom stereocenters. The molecule has 0 aliphatic carbocycles. The third kappa shape index (κ3) is 4.80. The summed E-state index contributed by atoms with van der Waals surface area (Å²) in [7, 11) is 0. The third-order valence-corrected chi connectivity index (χ3v) is 6.35. The zero-order valence-corrected chi connectivity index (χ0v) is 19.2. The number of rotatable bonds is 7. The van der Waals surface area contributed by atoms with Crippen LogP contribution in [0.3, 0.4) is 0 Å². The van der Waals surface area contributed by atoms with Gasteiger partial charge >= 0.3 is 0 Å². The van der Waals surface area contributed by atoms with Crippen LogP contribution in [0.15, 0.2) is 40.9 Å². The van der Waals surface area contributed by atoms with E-state index < -0.39 is 0 Å². The van der Waals surface area contributed by atoms with Gasteiger partial charge in [-0.05, 0) is 57.3 Å². The monoisotopic (exact) mass is 459 g/mol. The van der Waals surface area contributed by atoms with E-state index >= 15 is 0 Å². The topological polar surface area (TPSA) is 36.4 Å². The summed E-state index contributed by atoms with van der Waals surface area (Å²) in [6.07, 6.45) is 0. The Bertz CT molecular complexity index is 961. The van der Waals surface area contributed by atoms with Gasteiger partial charge in [-0.1, -0.05) is 58.3 Å². The molecule has 3 aromatic rings. The molecule has 0 spiro atoms. The minimum absolute atomic E-state index is 0.0112. The van der Waals surface area contributed by atoms with Gasteiger partial charge in [-0.2, -0.15) is 0 Å². The van der Waals surface area contributed by atoms with E-state index in [4.69, 9.17) is 4.98 Å². The van der Waals surface area contributed by atoms with Crippen LogP contribution in [0.2, 0.25) is 0 Å². The van der Waals surface area contributed by atoms with Crippen molar-refractivity contribution in [2.45, 2.75) is 27.7 Å². The van der Waals surface area contributed by atoms with Crippen molar-refractivity contribution in [1.82, 2.24) is 9.88 Å². The number of amides is 1. The van der Waals surface area contributed by atoms with Crippen molar-refractivity contribution in [2.75, 3.05) is 31.1 Å². The summed E-state index contributed by atoms with van der Waals surface area (Å²) in [5.41, 5.74) is 3.84. The van der Waals surface area contributed by atoms with E-state index in [-0.39, 0.29) is 5.91 Å². The Morgan fingerprint density at radius 1 is 1.04 bits per heavy atom. The molecule has 0 saturated carbocycles. The van der Waals surface area contributed by atoms with Crippen LogP contribution in [0.1, 0.15) is 35.3 Å². The van der Waals surface area contributed by atoms with Crippen LogP contribution in [0.25, 0.3) is 10.2 Å². The molecule has 0 bridgehead atoms. The van der Waals surface area contributed by atoms with Crippen molar-refractivity contribution in [3.05, 3.63) is 57.6 Å². The maximum atomic E-state index is 13.4. The number of anilines is 1.